The van der Waals surface area contributed by atoms with Gasteiger partial charge in [-0.25, -0.2) is 4.79 Å². The van der Waals surface area contributed by atoms with Crippen molar-refractivity contribution < 1.29 is 27.4 Å². The second kappa shape index (κ2) is 10.2. The van der Waals surface area contributed by atoms with Crippen LogP contribution in [0.25, 0.3) is 0 Å². The van der Waals surface area contributed by atoms with Gasteiger partial charge in [-0.3, -0.25) is 4.98 Å². The molecule has 0 fully saturated rings. The Kier molecular flexibility index (Phi) is 7.35. The molecule has 0 saturated carbocycles. The van der Waals surface area contributed by atoms with Crippen LogP contribution in [0.1, 0.15) is 11.1 Å². The topological polar surface area (TPSA) is 72.5 Å². The van der Waals surface area contributed by atoms with Gasteiger partial charge in [-0.1, -0.05) is 18.2 Å². The van der Waals surface area contributed by atoms with Gasteiger partial charge in [-0.05, 0) is 63.5 Å². The molecular formula is C21H17BrF3N3O3. The van der Waals surface area contributed by atoms with E-state index in [1.807, 2.05) is 6.07 Å². The van der Waals surface area contributed by atoms with Gasteiger partial charge in [-0.2, -0.15) is 0 Å². The fourth-order valence-corrected chi connectivity index (χ4v) is 2.97. The zero-order valence-electron chi connectivity index (χ0n) is 15.9. The molecule has 2 N–H and O–H groups in total. The number of nitrogens with zero attached hydrogens (tertiary/aromatic N) is 1. The first-order valence-electron chi connectivity index (χ1n) is 8.99. The zero-order chi connectivity index (χ0) is 22.3. The molecule has 0 aliphatic rings. The number of nitrogens with one attached hydrogen (secondary N) is 2. The molecule has 1 heterocycles. The third-order valence-corrected chi connectivity index (χ3v) is 4.54. The molecule has 162 valence electrons. The van der Waals surface area contributed by atoms with Gasteiger partial charge in [0.25, 0.3) is 0 Å². The van der Waals surface area contributed by atoms with E-state index in [1.165, 1.54) is 18.2 Å². The van der Waals surface area contributed by atoms with Crippen LogP contribution in [0.5, 0.6) is 11.5 Å². The third kappa shape index (κ3) is 7.49. The monoisotopic (exact) mass is 495 g/mol. The third-order valence-electron chi connectivity index (χ3n) is 3.92. The lowest BCUT2D eigenvalue weighted by molar-refractivity contribution is -0.274. The molecule has 0 aliphatic carbocycles. The summed E-state index contributed by atoms with van der Waals surface area (Å²) in [5.41, 5.74) is 2.29. The summed E-state index contributed by atoms with van der Waals surface area (Å²) in [4.78, 5) is 16.0. The summed E-state index contributed by atoms with van der Waals surface area (Å²) < 4.78 is 46.6. The number of aromatic nitrogens is 1. The van der Waals surface area contributed by atoms with Crippen molar-refractivity contribution in [2.45, 2.75) is 19.5 Å². The fourth-order valence-electron chi connectivity index (χ4n) is 2.50. The molecule has 6 nitrogen and oxygen atoms in total. The Hall–Kier alpha value is -3.27. The van der Waals surface area contributed by atoms with E-state index in [1.54, 1.807) is 42.7 Å². The predicted molar refractivity (Wildman–Crippen MR) is 112 cm³/mol. The van der Waals surface area contributed by atoms with Crippen LogP contribution in [0.15, 0.2) is 71.5 Å². The van der Waals surface area contributed by atoms with Crippen molar-refractivity contribution >= 4 is 27.6 Å². The predicted octanol–water partition coefficient (Wildman–Crippen LogP) is 5.64. The van der Waals surface area contributed by atoms with Crippen molar-refractivity contribution in [2.24, 2.45) is 0 Å². The molecule has 0 spiro atoms. The standard InChI is InChI=1S/C21H17BrF3N3O3/c22-18-10-17(31-21(23,24)25)7-8-19(18)30-13-14-3-5-16(6-4-14)28-20(29)27-12-15-2-1-9-26-11-15/h1-11H,12-13H2,(H2,27,28,29). The Bertz CT molecular complexity index is 1020. The van der Waals surface area contributed by atoms with Crippen LogP contribution in [-0.4, -0.2) is 17.4 Å². The number of hydrogen-bond donors (Lipinski definition) is 2. The maximum absolute atomic E-state index is 12.3. The summed E-state index contributed by atoms with van der Waals surface area (Å²) in [5.74, 6) is 0.0236. The second-order valence-electron chi connectivity index (χ2n) is 6.29. The quantitative estimate of drug-likeness (QED) is 0.444. The molecule has 10 heteroatoms. The number of ether oxygens (including phenoxy) is 2. The number of pyridine rings is 1. The number of hydrogen-bond acceptors (Lipinski definition) is 4. The zero-order valence-corrected chi connectivity index (χ0v) is 17.5. The highest BCUT2D eigenvalue weighted by Crippen LogP contribution is 2.32. The smallest absolute Gasteiger partial charge is 0.488 e. The molecule has 0 saturated heterocycles. The van der Waals surface area contributed by atoms with Crippen LogP contribution in [-0.2, 0) is 13.2 Å². The van der Waals surface area contributed by atoms with Crippen molar-refractivity contribution in [3.8, 4) is 11.5 Å². The summed E-state index contributed by atoms with van der Waals surface area (Å²) in [6.07, 6.45) is -1.43. The van der Waals surface area contributed by atoms with E-state index < -0.39 is 6.36 Å². The maximum atomic E-state index is 12.3. The minimum atomic E-state index is -4.76. The van der Waals surface area contributed by atoms with Crippen molar-refractivity contribution in [1.29, 1.82) is 0 Å². The van der Waals surface area contributed by atoms with Crippen LogP contribution in [0, 0.1) is 0 Å². The Labute approximate surface area is 184 Å². The van der Waals surface area contributed by atoms with E-state index in [9.17, 15) is 18.0 Å². The largest absolute Gasteiger partial charge is 0.573 e. The molecule has 2 aromatic carbocycles. The number of carbonyl (C=O) groups excluding carboxylic acids is 1. The van der Waals surface area contributed by atoms with Gasteiger partial charge < -0.3 is 20.1 Å². The Morgan fingerprint density at radius 3 is 2.48 bits per heavy atom. The lowest BCUT2D eigenvalue weighted by Crippen LogP contribution is -2.28. The van der Waals surface area contributed by atoms with E-state index in [-0.39, 0.29) is 18.4 Å². The molecular weight excluding hydrogens is 479 g/mol. The lowest BCUT2D eigenvalue weighted by atomic mass is 10.2. The molecule has 31 heavy (non-hydrogen) atoms. The molecule has 1 aromatic heterocycles. The van der Waals surface area contributed by atoms with Gasteiger partial charge >= 0.3 is 12.4 Å². The van der Waals surface area contributed by atoms with Crippen LogP contribution < -0.4 is 20.1 Å². The summed E-state index contributed by atoms with van der Waals surface area (Å²) in [7, 11) is 0. The van der Waals surface area contributed by atoms with E-state index in [4.69, 9.17) is 4.74 Å². The average Bonchev–Trinajstić information content (AvgIpc) is 2.72. The van der Waals surface area contributed by atoms with Crippen molar-refractivity contribution in [2.75, 3.05) is 5.32 Å². The molecule has 0 radical (unpaired) electrons. The SMILES string of the molecule is O=C(NCc1cccnc1)Nc1ccc(COc2ccc(OC(F)(F)F)cc2Br)cc1. The number of benzene rings is 2. The Morgan fingerprint density at radius 2 is 1.84 bits per heavy atom. The average molecular weight is 496 g/mol. The number of rotatable bonds is 7. The van der Waals surface area contributed by atoms with Gasteiger partial charge in [0.05, 0.1) is 4.47 Å². The highest BCUT2D eigenvalue weighted by atomic mass is 79.9. The molecule has 0 unspecified atom stereocenters. The molecule has 2 amide bonds. The first-order valence-corrected chi connectivity index (χ1v) is 9.78. The summed E-state index contributed by atoms with van der Waals surface area (Å²) in [6, 6.07) is 14.0. The van der Waals surface area contributed by atoms with Gasteiger partial charge in [0.2, 0.25) is 0 Å². The number of halogens is 4. The summed E-state index contributed by atoms with van der Waals surface area (Å²) in [5, 5.41) is 5.46. The number of amides is 2. The number of alkyl halides is 3. The van der Waals surface area contributed by atoms with Crippen LogP contribution in [0.2, 0.25) is 0 Å². The van der Waals surface area contributed by atoms with E-state index in [0.717, 1.165) is 11.1 Å². The fraction of sp³-hybridized carbons (Fsp3) is 0.143. The van der Waals surface area contributed by atoms with E-state index in [2.05, 4.69) is 36.3 Å². The lowest BCUT2D eigenvalue weighted by Gasteiger charge is -2.12. The van der Waals surface area contributed by atoms with Crippen LogP contribution in [0.3, 0.4) is 0 Å². The Morgan fingerprint density at radius 1 is 1.06 bits per heavy atom. The summed E-state index contributed by atoms with van der Waals surface area (Å²) in [6.45, 7) is 0.541. The van der Waals surface area contributed by atoms with Gasteiger partial charge in [-0.15, -0.1) is 13.2 Å². The summed E-state index contributed by atoms with van der Waals surface area (Å²) >= 11 is 3.17. The Balaban J connectivity index is 1.48. The highest BCUT2D eigenvalue weighted by Gasteiger charge is 2.31. The van der Waals surface area contributed by atoms with E-state index in [0.29, 0.717) is 22.5 Å². The molecule has 3 aromatic rings. The second-order valence-corrected chi connectivity index (χ2v) is 7.15. The maximum Gasteiger partial charge on any atom is 0.573 e. The minimum absolute atomic E-state index is 0.186. The van der Waals surface area contributed by atoms with Gasteiger partial charge in [0.1, 0.15) is 18.1 Å². The number of carbonyl (C=O) groups is 1. The number of urea groups is 1. The first kappa shape index (κ1) is 22.4. The normalized spacial score (nSPS) is 11.0. The number of anilines is 1. The van der Waals surface area contributed by atoms with E-state index >= 15 is 0 Å². The highest BCUT2D eigenvalue weighted by molar-refractivity contribution is 9.10. The molecule has 3 rings (SSSR count). The van der Waals surface area contributed by atoms with Crippen molar-refractivity contribution in [1.82, 2.24) is 10.3 Å². The first-order chi connectivity index (χ1) is 14.8. The van der Waals surface area contributed by atoms with Crippen LogP contribution >= 0.6 is 15.9 Å². The minimum Gasteiger partial charge on any atom is -0.488 e. The van der Waals surface area contributed by atoms with Crippen molar-refractivity contribution in [3.05, 3.63) is 82.6 Å². The van der Waals surface area contributed by atoms with Crippen LogP contribution in [0.4, 0.5) is 23.7 Å². The van der Waals surface area contributed by atoms with Gasteiger partial charge in [0, 0.05) is 24.6 Å². The van der Waals surface area contributed by atoms with Gasteiger partial charge in [0.15, 0.2) is 0 Å². The molecule has 0 bridgehead atoms. The molecule has 0 aliphatic heterocycles. The molecule has 0 atom stereocenters. The van der Waals surface area contributed by atoms with Crippen molar-refractivity contribution in [3.63, 3.8) is 0 Å².